The van der Waals surface area contributed by atoms with Crippen LogP contribution in [-0.4, -0.2) is 71.3 Å². The lowest BCUT2D eigenvalue weighted by atomic mass is 9.85. The van der Waals surface area contributed by atoms with Gasteiger partial charge in [0.2, 0.25) is 5.91 Å². The molecule has 3 saturated heterocycles. The molecule has 5 heteroatoms. The van der Waals surface area contributed by atoms with Crippen molar-refractivity contribution < 1.29 is 14.6 Å². The molecule has 0 aliphatic carbocycles. The third-order valence-electron chi connectivity index (χ3n) is 5.33. The normalized spacial score (nSPS) is 36.7. The molecule has 1 spiro atoms. The van der Waals surface area contributed by atoms with Gasteiger partial charge in [-0.2, -0.15) is 0 Å². The Morgan fingerprint density at radius 3 is 2.60 bits per heavy atom. The topological polar surface area (TPSA) is 53.0 Å². The first-order valence-electron chi connectivity index (χ1n) is 7.92. The zero-order valence-corrected chi connectivity index (χ0v) is 12.4. The highest BCUT2D eigenvalue weighted by molar-refractivity contribution is 5.73. The lowest BCUT2D eigenvalue weighted by Gasteiger charge is -2.47. The predicted octanol–water partition coefficient (Wildman–Crippen LogP) is 0.613. The van der Waals surface area contributed by atoms with Gasteiger partial charge in [0, 0.05) is 45.8 Å². The van der Waals surface area contributed by atoms with Crippen molar-refractivity contribution in [2.24, 2.45) is 0 Å². The van der Waals surface area contributed by atoms with Crippen molar-refractivity contribution >= 4 is 5.91 Å². The van der Waals surface area contributed by atoms with Crippen molar-refractivity contribution in [1.29, 1.82) is 0 Å². The number of ether oxygens (including phenoxy) is 1. The lowest BCUT2D eigenvalue weighted by molar-refractivity contribution is -0.142. The Morgan fingerprint density at radius 2 is 2.00 bits per heavy atom. The summed E-state index contributed by atoms with van der Waals surface area (Å²) in [7, 11) is 0. The fraction of sp³-hybridized carbons (Fsp3) is 0.933. The zero-order valence-electron chi connectivity index (χ0n) is 12.4. The van der Waals surface area contributed by atoms with E-state index in [9.17, 15) is 9.90 Å². The zero-order chi connectivity index (χ0) is 14.2. The number of likely N-dealkylation sites (tertiary alicyclic amines) is 2. The van der Waals surface area contributed by atoms with Crippen molar-refractivity contribution in [3.05, 3.63) is 0 Å². The van der Waals surface area contributed by atoms with Gasteiger partial charge in [-0.15, -0.1) is 0 Å². The van der Waals surface area contributed by atoms with Crippen LogP contribution in [0.25, 0.3) is 0 Å². The van der Waals surface area contributed by atoms with Crippen molar-refractivity contribution in [1.82, 2.24) is 9.80 Å². The number of carbonyl (C=O) groups is 1. The summed E-state index contributed by atoms with van der Waals surface area (Å²) in [5, 5.41) is 10.3. The predicted molar refractivity (Wildman–Crippen MR) is 75.4 cm³/mol. The van der Waals surface area contributed by atoms with Crippen LogP contribution in [0.4, 0.5) is 0 Å². The van der Waals surface area contributed by atoms with Crippen molar-refractivity contribution in [3.8, 4) is 0 Å². The number of nitrogens with zero attached hydrogens (tertiary/aromatic N) is 2. The molecule has 0 aromatic heterocycles. The lowest BCUT2D eigenvalue weighted by Crippen LogP contribution is -2.60. The smallest absolute Gasteiger partial charge is 0.219 e. The summed E-state index contributed by atoms with van der Waals surface area (Å²) in [6, 6.07) is 0.541. The van der Waals surface area contributed by atoms with Gasteiger partial charge in [0.15, 0.2) is 0 Å². The van der Waals surface area contributed by atoms with E-state index in [2.05, 4.69) is 4.90 Å². The third-order valence-corrected chi connectivity index (χ3v) is 5.33. The summed E-state index contributed by atoms with van der Waals surface area (Å²) in [6.07, 6.45) is 4.65. The first-order chi connectivity index (χ1) is 9.61. The van der Waals surface area contributed by atoms with Gasteiger partial charge in [-0.05, 0) is 32.1 Å². The summed E-state index contributed by atoms with van der Waals surface area (Å²) < 4.78 is 5.92. The maximum atomic E-state index is 11.4. The maximum Gasteiger partial charge on any atom is 0.219 e. The molecule has 1 N–H and O–H groups in total. The van der Waals surface area contributed by atoms with Gasteiger partial charge in [0.05, 0.1) is 6.10 Å². The number of amides is 1. The Bertz CT molecular complexity index is 360. The molecule has 3 aliphatic heterocycles. The summed E-state index contributed by atoms with van der Waals surface area (Å²) >= 11 is 0. The minimum Gasteiger partial charge on any atom is -0.390 e. The summed E-state index contributed by atoms with van der Waals surface area (Å²) in [5.41, 5.74) is -0.310. The molecule has 0 radical (unpaired) electrons. The van der Waals surface area contributed by atoms with Crippen LogP contribution < -0.4 is 0 Å². The van der Waals surface area contributed by atoms with Crippen LogP contribution in [0.2, 0.25) is 0 Å². The number of hydrogen-bond acceptors (Lipinski definition) is 4. The number of hydrogen-bond donors (Lipinski definition) is 1. The second-order valence-corrected chi connectivity index (χ2v) is 6.53. The minimum atomic E-state index is -0.310. The van der Waals surface area contributed by atoms with E-state index in [1.54, 1.807) is 6.92 Å². The summed E-state index contributed by atoms with van der Waals surface area (Å²) in [6.45, 7) is 5.99. The SMILES string of the molecule is CC(=O)N1CCC(N2CC[C@H](O)[C@]3(CCCO3)C2)CC1. The molecule has 1 amide bonds. The molecule has 0 aromatic carbocycles. The molecule has 2 atom stereocenters. The monoisotopic (exact) mass is 282 g/mol. The standard InChI is InChI=1S/C15H26N2O3/c1-12(18)16-7-3-13(4-8-16)17-9-5-14(19)15(11-17)6-2-10-20-15/h13-14,19H,2-11H2,1H3/t14-,15-/m0/s1. The Hall–Kier alpha value is -0.650. The van der Waals surface area contributed by atoms with Gasteiger partial charge in [-0.25, -0.2) is 0 Å². The van der Waals surface area contributed by atoms with E-state index in [0.29, 0.717) is 6.04 Å². The number of aliphatic hydroxyl groups excluding tert-OH is 1. The van der Waals surface area contributed by atoms with Gasteiger partial charge in [-0.3, -0.25) is 9.69 Å². The Balaban J connectivity index is 1.60. The van der Waals surface area contributed by atoms with Crippen LogP contribution in [0.3, 0.4) is 0 Å². The highest BCUT2D eigenvalue weighted by Crippen LogP contribution is 2.36. The first kappa shape index (κ1) is 14.3. The molecule has 114 valence electrons. The van der Waals surface area contributed by atoms with Crippen LogP contribution in [0.5, 0.6) is 0 Å². The number of rotatable bonds is 1. The summed E-state index contributed by atoms with van der Waals surface area (Å²) in [4.78, 5) is 15.8. The molecular weight excluding hydrogens is 256 g/mol. The molecule has 3 heterocycles. The fourth-order valence-corrected chi connectivity index (χ4v) is 4.04. The van der Waals surface area contributed by atoms with Crippen molar-refractivity contribution in [2.45, 2.75) is 56.8 Å². The molecule has 5 nitrogen and oxygen atoms in total. The van der Waals surface area contributed by atoms with Crippen LogP contribution in [0.15, 0.2) is 0 Å². The van der Waals surface area contributed by atoms with E-state index >= 15 is 0 Å². The van der Waals surface area contributed by atoms with Crippen molar-refractivity contribution in [2.75, 3.05) is 32.8 Å². The van der Waals surface area contributed by atoms with Crippen LogP contribution >= 0.6 is 0 Å². The van der Waals surface area contributed by atoms with Gasteiger partial charge >= 0.3 is 0 Å². The van der Waals surface area contributed by atoms with Crippen LogP contribution in [0.1, 0.15) is 39.0 Å². The van der Waals surface area contributed by atoms with Crippen LogP contribution in [-0.2, 0) is 9.53 Å². The maximum absolute atomic E-state index is 11.4. The second-order valence-electron chi connectivity index (χ2n) is 6.53. The van der Waals surface area contributed by atoms with E-state index in [1.165, 1.54) is 0 Å². The van der Waals surface area contributed by atoms with Gasteiger partial charge in [-0.1, -0.05) is 0 Å². The molecule has 3 fully saturated rings. The average molecular weight is 282 g/mol. The molecule has 0 saturated carbocycles. The Morgan fingerprint density at radius 1 is 1.25 bits per heavy atom. The fourth-order valence-electron chi connectivity index (χ4n) is 4.04. The number of piperidine rings is 2. The van der Waals surface area contributed by atoms with E-state index in [1.807, 2.05) is 4.90 Å². The van der Waals surface area contributed by atoms with Gasteiger partial charge < -0.3 is 14.7 Å². The molecule has 0 unspecified atom stereocenters. The third kappa shape index (κ3) is 2.59. The van der Waals surface area contributed by atoms with E-state index in [-0.39, 0.29) is 17.6 Å². The highest BCUT2D eigenvalue weighted by Gasteiger charge is 2.47. The van der Waals surface area contributed by atoms with E-state index in [0.717, 1.165) is 64.9 Å². The van der Waals surface area contributed by atoms with Gasteiger partial charge in [0.25, 0.3) is 0 Å². The molecule has 0 aromatic rings. The summed E-state index contributed by atoms with van der Waals surface area (Å²) in [5.74, 6) is 0.188. The second kappa shape index (κ2) is 5.62. The van der Waals surface area contributed by atoms with E-state index < -0.39 is 0 Å². The largest absolute Gasteiger partial charge is 0.390 e. The minimum absolute atomic E-state index is 0.188. The molecule has 20 heavy (non-hydrogen) atoms. The quantitative estimate of drug-likeness (QED) is 0.766. The number of aliphatic hydroxyl groups is 1. The highest BCUT2D eigenvalue weighted by atomic mass is 16.5. The van der Waals surface area contributed by atoms with Crippen molar-refractivity contribution in [3.63, 3.8) is 0 Å². The molecule has 3 aliphatic rings. The van der Waals surface area contributed by atoms with Crippen LogP contribution in [0, 0.1) is 0 Å². The molecule has 3 rings (SSSR count). The van der Waals surface area contributed by atoms with E-state index in [4.69, 9.17) is 4.74 Å². The number of carbonyl (C=O) groups excluding carboxylic acids is 1. The first-order valence-corrected chi connectivity index (χ1v) is 7.92. The Kier molecular flexibility index (Phi) is 4.02. The average Bonchev–Trinajstić information content (AvgIpc) is 2.92. The molecule has 0 bridgehead atoms. The Labute approximate surface area is 120 Å². The van der Waals surface area contributed by atoms with Gasteiger partial charge in [0.1, 0.15) is 5.60 Å². The molecular formula is C15H26N2O3.